The molecule has 0 saturated carbocycles. The molecule has 2 aromatic rings. The minimum Gasteiger partial charge on any atom is -0.465 e. The average molecular weight is 475 g/mol. The molecule has 2 N–H and O–H groups in total. The van der Waals surface area contributed by atoms with Crippen LogP contribution >= 0.6 is 24.0 Å². The second-order valence-electron chi connectivity index (χ2n) is 5.35. The molecule has 0 fully saturated rings. The first-order valence-corrected chi connectivity index (χ1v) is 7.97. The van der Waals surface area contributed by atoms with Gasteiger partial charge in [-0.1, -0.05) is 12.1 Å². The first kappa shape index (κ1) is 21.9. The van der Waals surface area contributed by atoms with Crippen molar-refractivity contribution in [2.75, 3.05) is 13.7 Å². The zero-order chi connectivity index (χ0) is 18.2. The Kier molecular flexibility index (Phi) is 9.11. The van der Waals surface area contributed by atoms with Crippen LogP contribution in [0.4, 0.5) is 4.39 Å². The number of carbonyl (C=O) groups excluding carboxylic acids is 1. The van der Waals surface area contributed by atoms with Gasteiger partial charge in [-0.2, -0.15) is 0 Å². The van der Waals surface area contributed by atoms with Gasteiger partial charge in [0.25, 0.3) is 0 Å². The van der Waals surface area contributed by atoms with Gasteiger partial charge in [0, 0.05) is 6.54 Å². The van der Waals surface area contributed by atoms with Crippen molar-refractivity contribution in [3.8, 4) is 0 Å². The lowest BCUT2D eigenvalue weighted by atomic mass is 10.2. The van der Waals surface area contributed by atoms with Crippen molar-refractivity contribution in [3.05, 3.63) is 58.8 Å². The van der Waals surface area contributed by atoms with Gasteiger partial charge in [0.2, 0.25) is 0 Å². The van der Waals surface area contributed by atoms with Gasteiger partial charge in [0.1, 0.15) is 22.9 Å². The summed E-state index contributed by atoms with van der Waals surface area (Å²) in [5.41, 5.74) is 1.18. The third-order valence-corrected chi connectivity index (χ3v) is 3.46. The van der Waals surface area contributed by atoms with Crippen LogP contribution in [-0.4, -0.2) is 25.6 Å². The van der Waals surface area contributed by atoms with Crippen molar-refractivity contribution in [3.63, 3.8) is 0 Å². The summed E-state index contributed by atoms with van der Waals surface area (Å²) in [4.78, 5) is 16.0. The second-order valence-corrected chi connectivity index (χ2v) is 5.35. The fourth-order valence-electron chi connectivity index (χ4n) is 2.26. The maximum absolute atomic E-state index is 13.2. The van der Waals surface area contributed by atoms with E-state index in [1.165, 1.54) is 19.2 Å². The van der Waals surface area contributed by atoms with Crippen LogP contribution in [0.5, 0.6) is 0 Å². The number of esters is 1. The third kappa shape index (κ3) is 6.32. The summed E-state index contributed by atoms with van der Waals surface area (Å²) in [6.07, 6.45) is 0. The monoisotopic (exact) mass is 475 g/mol. The molecular formula is C18H23FIN3O3. The van der Waals surface area contributed by atoms with Crippen molar-refractivity contribution in [1.82, 2.24) is 10.6 Å². The Morgan fingerprint density at radius 3 is 2.73 bits per heavy atom. The number of guanidine groups is 1. The summed E-state index contributed by atoms with van der Waals surface area (Å²) in [5.74, 6) is 0.950. The van der Waals surface area contributed by atoms with Crippen molar-refractivity contribution < 1.29 is 18.3 Å². The second kappa shape index (κ2) is 10.8. The molecule has 0 aliphatic rings. The first-order valence-electron chi connectivity index (χ1n) is 7.97. The predicted octanol–water partition coefficient (Wildman–Crippen LogP) is 3.39. The maximum Gasteiger partial charge on any atom is 0.341 e. The highest BCUT2D eigenvalue weighted by atomic mass is 127. The number of aliphatic imine (C=N–C) groups is 1. The molecule has 142 valence electrons. The standard InChI is InChI=1S/C18H22FN3O3.HI/c1-4-20-18(21-10-13-6-5-7-14(19)8-13)22-11-15-9-16(12(2)25-15)17(23)24-3;/h5-9H,4,10-11H2,1-3H3,(H2,20,21,22);1H. The molecule has 0 amide bonds. The van der Waals surface area contributed by atoms with E-state index in [-0.39, 0.29) is 29.8 Å². The lowest BCUT2D eigenvalue weighted by molar-refractivity contribution is 0.0599. The molecule has 8 heteroatoms. The number of carbonyl (C=O) groups is 1. The van der Waals surface area contributed by atoms with Crippen LogP contribution in [0.15, 0.2) is 39.7 Å². The minimum absolute atomic E-state index is 0. The average Bonchev–Trinajstić information content (AvgIpc) is 2.97. The van der Waals surface area contributed by atoms with Gasteiger partial charge in [-0.05, 0) is 37.6 Å². The van der Waals surface area contributed by atoms with Crippen LogP contribution in [0.3, 0.4) is 0 Å². The number of ether oxygens (including phenoxy) is 1. The van der Waals surface area contributed by atoms with Crippen molar-refractivity contribution in [2.24, 2.45) is 4.99 Å². The largest absolute Gasteiger partial charge is 0.465 e. The molecule has 26 heavy (non-hydrogen) atoms. The lowest BCUT2D eigenvalue weighted by Crippen LogP contribution is -2.36. The Balaban J connectivity index is 0.00000338. The van der Waals surface area contributed by atoms with Gasteiger partial charge in [-0.3, -0.25) is 0 Å². The number of furan rings is 1. The van der Waals surface area contributed by atoms with E-state index >= 15 is 0 Å². The van der Waals surface area contributed by atoms with Crippen LogP contribution in [0.2, 0.25) is 0 Å². The topological polar surface area (TPSA) is 75.9 Å². The molecule has 0 aliphatic carbocycles. The molecule has 0 bridgehead atoms. The summed E-state index contributed by atoms with van der Waals surface area (Å²) < 4.78 is 23.5. The van der Waals surface area contributed by atoms with Crippen molar-refractivity contribution >= 4 is 35.9 Å². The predicted molar refractivity (Wildman–Crippen MR) is 108 cm³/mol. The number of methoxy groups -OCH3 is 1. The van der Waals surface area contributed by atoms with Crippen LogP contribution in [0, 0.1) is 12.7 Å². The Labute approximate surface area is 169 Å². The van der Waals surface area contributed by atoms with Gasteiger partial charge in [0.05, 0.1) is 20.2 Å². The Morgan fingerprint density at radius 2 is 2.08 bits per heavy atom. The summed E-state index contributed by atoms with van der Waals surface area (Å²) in [6.45, 7) is 5.04. The quantitative estimate of drug-likeness (QED) is 0.290. The van der Waals surface area contributed by atoms with E-state index in [4.69, 9.17) is 9.15 Å². The van der Waals surface area contributed by atoms with Crippen LogP contribution < -0.4 is 10.6 Å². The van der Waals surface area contributed by atoms with E-state index in [0.717, 1.165) is 5.56 Å². The van der Waals surface area contributed by atoms with Gasteiger partial charge in [-0.25, -0.2) is 14.2 Å². The number of nitrogens with one attached hydrogen (secondary N) is 2. The number of aryl methyl sites for hydroxylation is 1. The number of rotatable bonds is 6. The smallest absolute Gasteiger partial charge is 0.341 e. The molecule has 0 spiro atoms. The molecule has 0 unspecified atom stereocenters. The Hall–Kier alpha value is -2.10. The van der Waals surface area contributed by atoms with Gasteiger partial charge in [0.15, 0.2) is 5.96 Å². The number of nitrogens with zero attached hydrogens (tertiary/aromatic N) is 1. The molecule has 0 radical (unpaired) electrons. The SMILES string of the molecule is CCNC(=NCc1cccc(F)c1)NCc1cc(C(=O)OC)c(C)o1.I. The normalized spacial score (nSPS) is 10.8. The first-order chi connectivity index (χ1) is 12.0. The summed E-state index contributed by atoms with van der Waals surface area (Å²) in [5, 5.41) is 6.22. The highest BCUT2D eigenvalue weighted by molar-refractivity contribution is 14.0. The molecule has 2 rings (SSSR count). The fourth-order valence-corrected chi connectivity index (χ4v) is 2.26. The fraction of sp³-hybridized carbons (Fsp3) is 0.333. The third-order valence-electron chi connectivity index (χ3n) is 3.46. The van der Waals surface area contributed by atoms with E-state index in [9.17, 15) is 9.18 Å². The number of hydrogen-bond donors (Lipinski definition) is 2. The number of hydrogen-bond acceptors (Lipinski definition) is 4. The van der Waals surface area contributed by atoms with E-state index in [0.29, 0.717) is 42.7 Å². The molecular weight excluding hydrogens is 452 g/mol. The molecule has 0 saturated heterocycles. The Bertz CT molecular complexity index is 762. The maximum atomic E-state index is 13.2. The van der Waals surface area contributed by atoms with Crippen LogP contribution in [0.1, 0.15) is 34.4 Å². The summed E-state index contributed by atoms with van der Waals surface area (Å²) in [6, 6.07) is 7.96. The summed E-state index contributed by atoms with van der Waals surface area (Å²) in [7, 11) is 1.33. The number of halogens is 2. The van der Waals surface area contributed by atoms with E-state index in [2.05, 4.69) is 15.6 Å². The molecule has 1 aromatic carbocycles. The Morgan fingerprint density at radius 1 is 1.31 bits per heavy atom. The van der Waals surface area contributed by atoms with Gasteiger partial charge in [-0.15, -0.1) is 24.0 Å². The zero-order valence-electron chi connectivity index (χ0n) is 15.0. The minimum atomic E-state index is -0.431. The van der Waals surface area contributed by atoms with Crippen molar-refractivity contribution in [1.29, 1.82) is 0 Å². The van der Waals surface area contributed by atoms with Gasteiger partial charge < -0.3 is 19.8 Å². The van der Waals surface area contributed by atoms with E-state index in [1.807, 2.05) is 13.0 Å². The summed E-state index contributed by atoms with van der Waals surface area (Å²) >= 11 is 0. The van der Waals surface area contributed by atoms with Crippen LogP contribution in [0.25, 0.3) is 0 Å². The molecule has 6 nitrogen and oxygen atoms in total. The van der Waals surface area contributed by atoms with E-state index < -0.39 is 5.97 Å². The lowest BCUT2D eigenvalue weighted by Gasteiger charge is -2.10. The zero-order valence-corrected chi connectivity index (χ0v) is 17.3. The molecule has 1 aromatic heterocycles. The number of benzene rings is 1. The van der Waals surface area contributed by atoms with Gasteiger partial charge >= 0.3 is 5.97 Å². The highest BCUT2D eigenvalue weighted by Crippen LogP contribution is 2.15. The molecule has 1 heterocycles. The van der Waals surface area contributed by atoms with E-state index in [1.54, 1.807) is 19.1 Å². The van der Waals surface area contributed by atoms with Crippen LogP contribution in [-0.2, 0) is 17.8 Å². The van der Waals surface area contributed by atoms with Crippen molar-refractivity contribution in [2.45, 2.75) is 26.9 Å². The molecule has 0 atom stereocenters. The molecule has 0 aliphatic heterocycles. The highest BCUT2D eigenvalue weighted by Gasteiger charge is 2.15.